The van der Waals surface area contributed by atoms with Gasteiger partial charge in [0.15, 0.2) is 0 Å². The predicted octanol–water partition coefficient (Wildman–Crippen LogP) is 2.21. The van der Waals surface area contributed by atoms with Gasteiger partial charge < -0.3 is 4.74 Å². The van der Waals surface area contributed by atoms with Gasteiger partial charge in [0.25, 0.3) is 0 Å². The van der Waals surface area contributed by atoms with Crippen LogP contribution in [0.3, 0.4) is 0 Å². The Labute approximate surface area is 91.1 Å². The molecule has 2 nitrogen and oxygen atoms in total. The zero-order chi connectivity index (χ0) is 9.31. The van der Waals surface area contributed by atoms with Gasteiger partial charge in [-0.1, -0.05) is 29.8 Å². The Bertz CT molecular complexity index is 291. The summed E-state index contributed by atoms with van der Waals surface area (Å²) in [5.74, 6) is 0. The summed E-state index contributed by atoms with van der Waals surface area (Å²) in [5, 5.41) is 3.35. The predicted molar refractivity (Wildman–Crippen MR) is 59.7 cm³/mol. The van der Waals surface area contributed by atoms with Crippen LogP contribution in [0.4, 0.5) is 0 Å². The molecular formula is C11H16ClNO. The van der Waals surface area contributed by atoms with E-state index in [2.05, 4.69) is 43.4 Å². The highest BCUT2D eigenvalue weighted by Gasteiger charge is 2.30. The van der Waals surface area contributed by atoms with Crippen molar-refractivity contribution in [1.29, 1.82) is 0 Å². The Morgan fingerprint density at radius 3 is 2.43 bits per heavy atom. The normalized spacial score (nSPS) is 25.9. The lowest BCUT2D eigenvalue weighted by molar-refractivity contribution is 0.00247. The molecule has 0 saturated carbocycles. The molecule has 1 aromatic rings. The molecule has 1 heterocycles. The molecule has 0 bridgehead atoms. The number of rotatable bonds is 1. The summed E-state index contributed by atoms with van der Waals surface area (Å²) in [4.78, 5) is 0. The van der Waals surface area contributed by atoms with Crippen molar-refractivity contribution < 1.29 is 4.74 Å². The third-order valence-electron chi connectivity index (χ3n) is 2.56. The van der Waals surface area contributed by atoms with E-state index >= 15 is 0 Å². The van der Waals surface area contributed by atoms with Crippen molar-refractivity contribution in [1.82, 2.24) is 5.32 Å². The van der Waals surface area contributed by atoms with Gasteiger partial charge in [-0.25, -0.2) is 0 Å². The van der Waals surface area contributed by atoms with Gasteiger partial charge >= 0.3 is 0 Å². The molecule has 1 atom stereocenters. The smallest absolute Gasteiger partial charge is 0.142 e. The lowest BCUT2D eigenvalue weighted by atomic mass is 10.0. The van der Waals surface area contributed by atoms with Crippen molar-refractivity contribution in [2.24, 2.45) is 0 Å². The highest BCUT2D eigenvalue weighted by Crippen LogP contribution is 2.25. The van der Waals surface area contributed by atoms with E-state index in [-0.39, 0.29) is 18.1 Å². The van der Waals surface area contributed by atoms with Crippen LogP contribution in [0.15, 0.2) is 24.3 Å². The quantitative estimate of drug-likeness (QED) is 0.773. The van der Waals surface area contributed by atoms with Crippen LogP contribution < -0.4 is 5.32 Å². The van der Waals surface area contributed by atoms with Gasteiger partial charge in [0.1, 0.15) is 5.72 Å². The van der Waals surface area contributed by atoms with Gasteiger partial charge in [-0.3, -0.25) is 5.32 Å². The number of hydrogen-bond acceptors (Lipinski definition) is 2. The second kappa shape index (κ2) is 4.30. The first-order valence-corrected chi connectivity index (χ1v) is 4.67. The minimum Gasteiger partial charge on any atom is -0.355 e. The lowest BCUT2D eigenvalue weighted by Gasteiger charge is -2.24. The Balaban J connectivity index is 0.000000980. The van der Waals surface area contributed by atoms with Crippen LogP contribution in [0.25, 0.3) is 0 Å². The van der Waals surface area contributed by atoms with Crippen LogP contribution in [0.5, 0.6) is 0 Å². The molecule has 2 rings (SSSR count). The molecule has 1 N–H and O–H groups in total. The number of halogens is 1. The molecule has 78 valence electrons. The largest absolute Gasteiger partial charge is 0.355 e. The SMILES string of the molecule is Cc1ccc(C2(C)NCCO2)cc1.Cl. The highest BCUT2D eigenvalue weighted by atomic mass is 35.5. The first-order chi connectivity index (χ1) is 6.21. The van der Waals surface area contributed by atoms with Crippen molar-refractivity contribution in [2.75, 3.05) is 13.2 Å². The fourth-order valence-electron chi connectivity index (χ4n) is 1.65. The molecule has 1 aliphatic rings. The summed E-state index contributed by atoms with van der Waals surface area (Å²) in [6, 6.07) is 8.47. The molecule has 1 saturated heterocycles. The van der Waals surface area contributed by atoms with Crippen LogP contribution in [0, 0.1) is 6.92 Å². The molecule has 0 aliphatic carbocycles. The molecular weight excluding hydrogens is 198 g/mol. The van der Waals surface area contributed by atoms with E-state index in [1.54, 1.807) is 0 Å². The molecule has 3 heteroatoms. The molecule has 0 amide bonds. The summed E-state index contributed by atoms with van der Waals surface area (Å²) in [6.45, 7) is 5.90. The van der Waals surface area contributed by atoms with Crippen molar-refractivity contribution in [3.8, 4) is 0 Å². The Hall–Kier alpha value is -0.570. The van der Waals surface area contributed by atoms with Crippen molar-refractivity contribution in [3.63, 3.8) is 0 Å². The Kier molecular flexibility index (Phi) is 3.53. The van der Waals surface area contributed by atoms with Crippen LogP contribution in [-0.2, 0) is 10.5 Å². The molecule has 0 aromatic heterocycles. The maximum atomic E-state index is 5.66. The number of nitrogens with one attached hydrogen (secondary N) is 1. The lowest BCUT2D eigenvalue weighted by Crippen LogP contribution is -2.34. The molecule has 0 spiro atoms. The van der Waals surface area contributed by atoms with Gasteiger partial charge in [-0.15, -0.1) is 12.4 Å². The van der Waals surface area contributed by atoms with E-state index in [0.29, 0.717) is 0 Å². The monoisotopic (exact) mass is 213 g/mol. The third kappa shape index (κ3) is 2.08. The standard InChI is InChI=1S/C11H15NO.ClH/c1-9-3-5-10(6-4-9)11(2)12-7-8-13-11;/h3-6,12H,7-8H2,1-2H3;1H. The van der Waals surface area contributed by atoms with E-state index in [1.807, 2.05) is 0 Å². The van der Waals surface area contributed by atoms with E-state index in [0.717, 1.165) is 13.2 Å². The van der Waals surface area contributed by atoms with E-state index in [4.69, 9.17) is 4.74 Å². The molecule has 1 unspecified atom stereocenters. The van der Waals surface area contributed by atoms with Crippen LogP contribution >= 0.6 is 12.4 Å². The first-order valence-electron chi connectivity index (χ1n) is 4.67. The molecule has 1 aromatic carbocycles. The zero-order valence-corrected chi connectivity index (χ0v) is 9.36. The first kappa shape index (κ1) is 11.5. The van der Waals surface area contributed by atoms with Crippen molar-refractivity contribution in [3.05, 3.63) is 35.4 Å². The fraction of sp³-hybridized carbons (Fsp3) is 0.455. The Morgan fingerprint density at radius 1 is 1.29 bits per heavy atom. The summed E-state index contributed by atoms with van der Waals surface area (Å²) in [7, 11) is 0. The topological polar surface area (TPSA) is 21.3 Å². The minimum atomic E-state index is -0.270. The van der Waals surface area contributed by atoms with Gasteiger partial charge in [0.2, 0.25) is 0 Å². The van der Waals surface area contributed by atoms with Crippen molar-refractivity contribution in [2.45, 2.75) is 19.6 Å². The van der Waals surface area contributed by atoms with E-state index in [1.165, 1.54) is 11.1 Å². The van der Waals surface area contributed by atoms with Crippen LogP contribution in [0.2, 0.25) is 0 Å². The van der Waals surface area contributed by atoms with Crippen LogP contribution in [0.1, 0.15) is 18.1 Å². The number of hydrogen-bond donors (Lipinski definition) is 1. The number of ether oxygens (including phenoxy) is 1. The highest BCUT2D eigenvalue weighted by molar-refractivity contribution is 5.85. The van der Waals surface area contributed by atoms with Gasteiger partial charge in [-0.05, 0) is 19.4 Å². The summed E-state index contributed by atoms with van der Waals surface area (Å²) >= 11 is 0. The molecule has 1 aliphatic heterocycles. The average Bonchev–Trinajstić information content (AvgIpc) is 2.54. The zero-order valence-electron chi connectivity index (χ0n) is 8.54. The second-order valence-electron chi connectivity index (χ2n) is 3.67. The summed E-state index contributed by atoms with van der Waals surface area (Å²) in [5.41, 5.74) is 2.22. The summed E-state index contributed by atoms with van der Waals surface area (Å²) in [6.07, 6.45) is 0. The number of aryl methyl sites for hydroxylation is 1. The van der Waals surface area contributed by atoms with E-state index in [9.17, 15) is 0 Å². The number of benzene rings is 1. The minimum absolute atomic E-state index is 0. The second-order valence-corrected chi connectivity index (χ2v) is 3.67. The van der Waals surface area contributed by atoms with Gasteiger partial charge in [0, 0.05) is 6.54 Å². The molecule has 0 radical (unpaired) electrons. The Morgan fingerprint density at radius 2 is 1.93 bits per heavy atom. The molecule has 1 fully saturated rings. The summed E-state index contributed by atoms with van der Waals surface area (Å²) < 4.78 is 5.66. The molecule has 14 heavy (non-hydrogen) atoms. The van der Waals surface area contributed by atoms with Crippen molar-refractivity contribution >= 4 is 12.4 Å². The van der Waals surface area contributed by atoms with Gasteiger partial charge in [0.05, 0.1) is 6.61 Å². The van der Waals surface area contributed by atoms with Crippen LogP contribution in [-0.4, -0.2) is 13.2 Å². The maximum Gasteiger partial charge on any atom is 0.142 e. The van der Waals surface area contributed by atoms with Gasteiger partial charge in [-0.2, -0.15) is 0 Å². The van der Waals surface area contributed by atoms with E-state index < -0.39 is 0 Å². The maximum absolute atomic E-state index is 5.66. The fourth-order valence-corrected chi connectivity index (χ4v) is 1.65. The average molecular weight is 214 g/mol. The third-order valence-corrected chi connectivity index (χ3v) is 2.56.